The van der Waals surface area contributed by atoms with Crippen LogP contribution in [0.2, 0.25) is 0 Å². The van der Waals surface area contributed by atoms with Gasteiger partial charge in [0, 0.05) is 17.1 Å². The van der Waals surface area contributed by atoms with Crippen molar-refractivity contribution in [2.75, 3.05) is 7.11 Å². The summed E-state index contributed by atoms with van der Waals surface area (Å²) in [5.74, 6) is 0.383. The number of carbonyl (C=O) groups is 2. The summed E-state index contributed by atoms with van der Waals surface area (Å²) in [5.41, 5.74) is 4.15. The zero-order valence-electron chi connectivity index (χ0n) is 13.1. The molecule has 1 fully saturated rings. The van der Waals surface area contributed by atoms with Crippen LogP contribution in [0.1, 0.15) is 17.0 Å². The standard InChI is InChI=1S/C17H17N3O3/c1-10-8-12(9-15-16(21)19-17(22)18-15)11(2)20(10)13-4-6-14(23-3)7-5-13/h4-9H,1-3H3,(H2,18,19,21,22). The second-order valence-corrected chi connectivity index (χ2v) is 5.33. The number of imide groups is 1. The van der Waals surface area contributed by atoms with E-state index in [1.54, 1.807) is 13.2 Å². The molecule has 0 saturated carbocycles. The zero-order valence-corrected chi connectivity index (χ0v) is 13.1. The average molecular weight is 311 g/mol. The fourth-order valence-corrected chi connectivity index (χ4v) is 2.70. The molecule has 1 aliphatic rings. The molecule has 6 nitrogen and oxygen atoms in total. The molecule has 23 heavy (non-hydrogen) atoms. The molecule has 0 atom stereocenters. The maximum absolute atomic E-state index is 11.6. The van der Waals surface area contributed by atoms with E-state index in [2.05, 4.69) is 15.2 Å². The fraction of sp³-hybridized carbons (Fsp3) is 0.176. The SMILES string of the molecule is COc1ccc(-n2c(C)cc(C=C3NC(=O)NC3=O)c2C)cc1. The number of ether oxygens (including phenoxy) is 1. The Balaban J connectivity index is 2.01. The summed E-state index contributed by atoms with van der Waals surface area (Å²) in [6, 6.07) is 9.22. The predicted molar refractivity (Wildman–Crippen MR) is 86.4 cm³/mol. The molecule has 3 rings (SSSR count). The van der Waals surface area contributed by atoms with E-state index >= 15 is 0 Å². The maximum atomic E-state index is 11.6. The van der Waals surface area contributed by atoms with Gasteiger partial charge in [-0.15, -0.1) is 0 Å². The number of rotatable bonds is 3. The highest BCUT2D eigenvalue weighted by Gasteiger charge is 2.23. The van der Waals surface area contributed by atoms with Gasteiger partial charge in [-0.3, -0.25) is 10.1 Å². The topological polar surface area (TPSA) is 72.4 Å². The third kappa shape index (κ3) is 2.70. The van der Waals surface area contributed by atoms with Gasteiger partial charge in [-0.05, 0) is 55.8 Å². The Labute approximate surface area is 133 Å². The number of urea groups is 1. The molecular weight excluding hydrogens is 294 g/mol. The highest BCUT2D eigenvalue weighted by molar-refractivity contribution is 6.14. The number of amides is 3. The number of benzene rings is 1. The van der Waals surface area contributed by atoms with Gasteiger partial charge in [0.05, 0.1) is 7.11 Å². The molecule has 0 unspecified atom stereocenters. The van der Waals surface area contributed by atoms with Gasteiger partial charge < -0.3 is 14.6 Å². The quantitative estimate of drug-likeness (QED) is 0.675. The number of nitrogens with zero attached hydrogens (tertiary/aromatic N) is 1. The number of aromatic nitrogens is 1. The number of hydrogen-bond acceptors (Lipinski definition) is 3. The minimum atomic E-state index is -0.495. The molecule has 118 valence electrons. The van der Waals surface area contributed by atoms with Crippen LogP contribution in [-0.2, 0) is 4.79 Å². The highest BCUT2D eigenvalue weighted by atomic mass is 16.5. The van der Waals surface area contributed by atoms with Gasteiger partial charge in [0.15, 0.2) is 0 Å². The van der Waals surface area contributed by atoms with Crippen molar-refractivity contribution >= 4 is 18.0 Å². The van der Waals surface area contributed by atoms with Crippen LogP contribution in [0.5, 0.6) is 5.75 Å². The summed E-state index contributed by atoms with van der Waals surface area (Å²) in [5, 5.41) is 4.69. The molecule has 2 heterocycles. The van der Waals surface area contributed by atoms with E-state index in [0.717, 1.165) is 28.4 Å². The van der Waals surface area contributed by atoms with Crippen LogP contribution < -0.4 is 15.4 Å². The first-order valence-corrected chi connectivity index (χ1v) is 7.17. The Morgan fingerprint density at radius 1 is 1.09 bits per heavy atom. The molecular formula is C17H17N3O3. The van der Waals surface area contributed by atoms with Crippen molar-refractivity contribution in [3.05, 3.63) is 53.0 Å². The van der Waals surface area contributed by atoms with E-state index in [0.29, 0.717) is 0 Å². The Morgan fingerprint density at radius 2 is 1.78 bits per heavy atom. The lowest BCUT2D eigenvalue weighted by Gasteiger charge is -2.10. The molecule has 0 spiro atoms. The molecule has 2 N–H and O–H groups in total. The van der Waals surface area contributed by atoms with Crippen LogP contribution in [0.3, 0.4) is 0 Å². The predicted octanol–water partition coefficient (Wildman–Crippen LogP) is 2.28. The summed E-state index contributed by atoms with van der Waals surface area (Å²) in [6.45, 7) is 3.96. The van der Waals surface area contributed by atoms with Crippen LogP contribution in [0.25, 0.3) is 11.8 Å². The van der Waals surface area contributed by atoms with Crippen LogP contribution in [0.4, 0.5) is 4.79 Å². The number of nitrogens with one attached hydrogen (secondary N) is 2. The van der Waals surface area contributed by atoms with Crippen molar-refractivity contribution in [3.8, 4) is 11.4 Å². The Hall–Kier alpha value is -3.02. The van der Waals surface area contributed by atoms with E-state index in [-0.39, 0.29) is 5.70 Å². The minimum absolute atomic E-state index is 0.255. The smallest absolute Gasteiger partial charge is 0.326 e. The molecule has 0 aliphatic carbocycles. The molecule has 1 aliphatic heterocycles. The van der Waals surface area contributed by atoms with Gasteiger partial charge in [0.1, 0.15) is 11.4 Å². The molecule has 1 aromatic carbocycles. The van der Waals surface area contributed by atoms with Crippen LogP contribution >= 0.6 is 0 Å². The van der Waals surface area contributed by atoms with Crippen molar-refractivity contribution in [2.45, 2.75) is 13.8 Å². The number of methoxy groups -OCH3 is 1. The molecule has 1 saturated heterocycles. The van der Waals surface area contributed by atoms with Crippen molar-refractivity contribution < 1.29 is 14.3 Å². The lowest BCUT2D eigenvalue weighted by Crippen LogP contribution is -2.22. The van der Waals surface area contributed by atoms with E-state index in [9.17, 15) is 9.59 Å². The summed E-state index contributed by atoms with van der Waals surface area (Å²) < 4.78 is 7.26. The Bertz CT molecular complexity index is 816. The van der Waals surface area contributed by atoms with Crippen molar-refractivity contribution in [1.29, 1.82) is 0 Å². The summed E-state index contributed by atoms with van der Waals surface area (Å²) in [7, 11) is 1.63. The third-order valence-corrected chi connectivity index (χ3v) is 3.82. The summed E-state index contributed by atoms with van der Waals surface area (Å²) >= 11 is 0. The highest BCUT2D eigenvalue weighted by Crippen LogP contribution is 2.24. The number of aryl methyl sites for hydroxylation is 1. The molecule has 0 bridgehead atoms. The Morgan fingerprint density at radius 3 is 2.35 bits per heavy atom. The van der Waals surface area contributed by atoms with Gasteiger partial charge in [0.25, 0.3) is 5.91 Å². The number of hydrogen-bond donors (Lipinski definition) is 2. The van der Waals surface area contributed by atoms with Crippen LogP contribution in [-0.4, -0.2) is 23.6 Å². The normalized spacial score (nSPS) is 15.7. The van der Waals surface area contributed by atoms with Gasteiger partial charge in [-0.2, -0.15) is 0 Å². The first-order chi connectivity index (χ1) is 11.0. The molecule has 6 heteroatoms. The van der Waals surface area contributed by atoms with Gasteiger partial charge in [-0.1, -0.05) is 0 Å². The minimum Gasteiger partial charge on any atom is -0.497 e. The van der Waals surface area contributed by atoms with E-state index in [1.165, 1.54) is 0 Å². The molecule has 1 aromatic heterocycles. The Kier molecular flexibility index (Phi) is 3.65. The molecule has 2 aromatic rings. The average Bonchev–Trinajstić information content (AvgIpc) is 2.99. The van der Waals surface area contributed by atoms with Crippen LogP contribution in [0.15, 0.2) is 36.0 Å². The molecule has 0 radical (unpaired) electrons. The second kappa shape index (κ2) is 5.64. The molecule has 3 amide bonds. The lowest BCUT2D eigenvalue weighted by molar-refractivity contribution is -0.115. The largest absolute Gasteiger partial charge is 0.497 e. The first kappa shape index (κ1) is 14.9. The van der Waals surface area contributed by atoms with Gasteiger partial charge in [0.2, 0.25) is 0 Å². The van der Waals surface area contributed by atoms with Crippen molar-refractivity contribution in [2.24, 2.45) is 0 Å². The lowest BCUT2D eigenvalue weighted by atomic mass is 10.2. The van der Waals surface area contributed by atoms with Crippen LogP contribution in [0, 0.1) is 13.8 Å². The monoisotopic (exact) mass is 311 g/mol. The zero-order chi connectivity index (χ0) is 16.6. The third-order valence-electron chi connectivity index (χ3n) is 3.82. The van der Waals surface area contributed by atoms with Gasteiger partial charge >= 0.3 is 6.03 Å². The van der Waals surface area contributed by atoms with E-state index in [4.69, 9.17) is 4.74 Å². The maximum Gasteiger partial charge on any atom is 0.326 e. The number of carbonyl (C=O) groups excluding carboxylic acids is 2. The fourth-order valence-electron chi connectivity index (χ4n) is 2.70. The first-order valence-electron chi connectivity index (χ1n) is 7.17. The second-order valence-electron chi connectivity index (χ2n) is 5.33. The summed E-state index contributed by atoms with van der Waals surface area (Å²) in [4.78, 5) is 22.8. The van der Waals surface area contributed by atoms with Gasteiger partial charge in [-0.25, -0.2) is 4.79 Å². The van der Waals surface area contributed by atoms with Crippen molar-refractivity contribution in [3.63, 3.8) is 0 Å². The van der Waals surface area contributed by atoms with Crippen molar-refractivity contribution in [1.82, 2.24) is 15.2 Å². The summed E-state index contributed by atoms with van der Waals surface area (Å²) in [6.07, 6.45) is 1.68. The van der Waals surface area contributed by atoms with E-state index < -0.39 is 11.9 Å². The van der Waals surface area contributed by atoms with E-state index in [1.807, 2.05) is 44.2 Å².